The van der Waals surface area contributed by atoms with Gasteiger partial charge in [-0.1, -0.05) is 0 Å². The van der Waals surface area contributed by atoms with Crippen molar-refractivity contribution in [1.82, 2.24) is 0 Å². The number of rotatable bonds is 3. The van der Waals surface area contributed by atoms with E-state index in [0.29, 0.717) is 11.7 Å². The van der Waals surface area contributed by atoms with E-state index in [2.05, 4.69) is 5.32 Å². The van der Waals surface area contributed by atoms with E-state index in [1.165, 1.54) is 12.1 Å². The molecule has 15 heavy (non-hydrogen) atoms. The number of anilines is 1. The topological polar surface area (TPSA) is 55.2 Å². The first-order valence-electron chi connectivity index (χ1n) is 4.87. The van der Waals surface area contributed by atoms with Gasteiger partial charge in [-0.25, -0.2) is 4.39 Å². The second kappa shape index (κ2) is 3.84. The summed E-state index contributed by atoms with van der Waals surface area (Å²) < 4.78 is 12.8. The Kier molecular flexibility index (Phi) is 2.53. The predicted octanol–water partition coefficient (Wildman–Crippen LogP) is 2.70. The maximum absolute atomic E-state index is 12.8. The summed E-state index contributed by atoms with van der Waals surface area (Å²) in [5.74, 6) is -0.583. The highest BCUT2D eigenvalue weighted by Gasteiger charge is 2.21. The monoisotopic (exact) mass is 210 g/mol. The number of hydrogen-bond acceptors (Lipinski definition) is 3. The lowest BCUT2D eigenvalue weighted by Gasteiger charge is -2.27. The number of nitrogens with one attached hydrogen (secondary N) is 1. The summed E-state index contributed by atoms with van der Waals surface area (Å²) in [5, 5.41) is 13.7. The summed E-state index contributed by atoms with van der Waals surface area (Å²) in [4.78, 5) is 10.1. The highest BCUT2D eigenvalue weighted by Crippen LogP contribution is 2.29. The Morgan fingerprint density at radius 1 is 1.47 bits per heavy atom. The minimum absolute atomic E-state index is 0.193. The zero-order valence-electron chi connectivity index (χ0n) is 8.07. The van der Waals surface area contributed by atoms with Crippen molar-refractivity contribution in [1.29, 1.82) is 0 Å². The normalized spacial score (nSPS) is 15.8. The number of nitrogens with zero attached hydrogens (tertiary/aromatic N) is 1. The zero-order chi connectivity index (χ0) is 10.8. The first-order chi connectivity index (χ1) is 7.16. The molecule has 0 heterocycles. The molecule has 0 unspecified atom stereocenters. The van der Waals surface area contributed by atoms with Crippen LogP contribution in [0.2, 0.25) is 0 Å². The van der Waals surface area contributed by atoms with Crippen LogP contribution < -0.4 is 5.32 Å². The predicted molar refractivity (Wildman–Crippen MR) is 54.3 cm³/mol. The molecule has 0 saturated heterocycles. The van der Waals surface area contributed by atoms with Gasteiger partial charge in [0.2, 0.25) is 0 Å². The van der Waals surface area contributed by atoms with E-state index >= 15 is 0 Å². The van der Waals surface area contributed by atoms with E-state index in [0.717, 1.165) is 25.3 Å². The van der Waals surface area contributed by atoms with Crippen molar-refractivity contribution >= 4 is 11.4 Å². The van der Waals surface area contributed by atoms with E-state index in [4.69, 9.17) is 0 Å². The summed E-state index contributed by atoms with van der Waals surface area (Å²) in [6.45, 7) is 0. The minimum atomic E-state index is -0.583. The summed E-state index contributed by atoms with van der Waals surface area (Å²) in [6.07, 6.45) is 3.19. The third-order valence-electron chi connectivity index (χ3n) is 2.62. The Hall–Kier alpha value is -1.65. The first kappa shape index (κ1) is 9.89. The lowest BCUT2D eigenvalue weighted by atomic mass is 9.93. The van der Waals surface area contributed by atoms with Crippen molar-refractivity contribution < 1.29 is 9.31 Å². The zero-order valence-corrected chi connectivity index (χ0v) is 8.07. The summed E-state index contributed by atoms with van der Waals surface area (Å²) >= 11 is 0. The van der Waals surface area contributed by atoms with Crippen LogP contribution in [0.15, 0.2) is 18.2 Å². The van der Waals surface area contributed by atoms with Crippen LogP contribution >= 0.6 is 0 Å². The fourth-order valence-corrected chi connectivity index (χ4v) is 1.55. The van der Waals surface area contributed by atoms with Gasteiger partial charge in [0.25, 0.3) is 5.69 Å². The molecule has 0 radical (unpaired) electrons. The summed E-state index contributed by atoms with van der Waals surface area (Å²) in [7, 11) is 0. The second-order valence-electron chi connectivity index (χ2n) is 3.69. The van der Waals surface area contributed by atoms with E-state index in [1.54, 1.807) is 0 Å². The number of nitro benzene ring substituents is 1. The van der Waals surface area contributed by atoms with Gasteiger partial charge < -0.3 is 5.32 Å². The van der Waals surface area contributed by atoms with Crippen molar-refractivity contribution in [3.63, 3.8) is 0 Å². The highest BCUT2D eigenvalue weighted by molar-refractivity contribution is 5.62. The Morgan fingerprint density at radius 3 is 2.73 bits per heavy atom. The van der Waals surface area contributed by atoms with Gasteiger partial charge in [0.1, 0.15) is 11.5 Å². The van der Waals surface area contributed by atoms with Crippen LogP contribution in [0.1, 0.15) is 19.3 Å². The Morgan fingerprint density at radius 2 is 2.20 bits per heavy atom. The largest absolute Gasteiger partial charge is 0.377 e. The maximum atomic E-state index is 12.8. The molecule has 4 nitrogen and oxygen atoms in total. The van der Waals surface area contributed by atoms with Crippen molar-refractivity contribution in [2.45, 2.75) is 25.3 Å². The van der Waals surface area contributed by atoms with Gasteiger partial charge in [0.15, 0.2) is 0 Å². The molecule has 1 aliphatic carbocycles. The fourth-order valence-electron chi connectivity index (χ4n) is 1.55. The van der Waals surface area contributed by atoms with Crippen LogP contribution in [0.3, 0.4) is 0 Å². The van der Waals surface area contributed by atoms with Gasteiger partial charge >= 0.3 is 0 Å². The van der Waals surface area contributed by atoms with Gasteiger partial charge in [-0.2, -0.15) is 0 Å². The van der Waals surface area contributed by atoms with Crippen LogP contribution in [0.25, 0.3) is 0 Å². The molecule has 0 amide bonds. The summed E-state index contributed by atoms with van der Waals surface area (Å²) in [5.41, 5.74) is 0.216. The van der Waals surface area contributed by atoms with Crippen LogP contribution in [-0.2, 0) is 0 Å². The maximum Gasteiger partial charge on any atom is 0.295 e. The second-order valence-corrected chi connectivity index (χ2v) is 3.69. The molecular formula is C10H11FN2O2. The van der Waals surface area contributed by atoms with Gasteiger partial charge in [0.05, 0.1) is 11.0 Å². The average Bonchev–Trinajstić information content (AvgIpc) is 2.12. The molecular weight excluding hydrogens is 199 g/mol. The van der Waals surface area contributed by atoms with Crippen LogP contribution in [0, 0.1) is 15.9 Å². The van der Waals surface area contributed by atoms with Crippen molar-refractivity contribution in [2.75, 3.05) is 5.32 Å². The molecule has 1 fully saturated rings. The average molecular weight is 210 g/mol. The van der Waals surface area contributed by atoms with Crippen LogP contribution in [0.5, 0.6) is 0 Å². The number of hydrogen-bond donors (Lipinski definition) is 1. The molecule has 2 rings (SSSR count). The molecule has 0 spiro atoms. The quantitative estimate of drug-likeness (QED) is 0.616. The first-order valence-corrected chi connectivity index (χ1v) is 4.87. The van der Waals surface area contributed by atoms with Crippen molar-refractivity contribution in [3.05, 3.63) is 34.1 Å². The van der Waals surface area contributed by atoms with E-state index in [-0.39, 0.29) is 5.69 Å². The molecule has 1 aromatic rings. The molecule has 0 aliphatic heterocycles. The third kappa shape index (κ3) is 2.06. The lowest BCUT2D eigenvalue weighted by molar-refractivity contribution is -0.384. The minimum Gasteiger partial charge on any atom is -0.377 e. The summed E-state index contributed by atoms with van der Waals surface area (Å²) in [6, 6.07) is 3.90. The SMILES string of the molecule is O=[N+]([O-])c1cc(F)ccc1NC1CCC1. The lowest BCUT2D eigenvalue weighted by Crippen LogP contribution is -2.27. The molecule has 1 N–H and O–H groups in total. The third-order valence-corrected chi connectivity index (χ3v) is 2.62. The van der Waals surface area contributed by atoms with Crippen molar-refractivity contribution in [3.8, 4) is 0 Å². The Labute approximate surface area is 86.3 Å². The molecule has 1 aliphatic rings. The Balaban J connectivity index is 2.23. The molecule has 1 aromatic carbocycles. The molecule has 0 bridgehead atoms. The highest BCUT2D eigenvalue weighted by atomic mass is 19.1. The molecule has 80 valence electrons. The van der Waals surface area contributed by atoms with Crippen LogP contribution in [0.4, 0.5) is 15.8 Å². The van der Waals surface area contributed by atoms with Gasteiger partial charge in [-0.3, -0.25) is 10.1 Å². The standard InChI is InChI=1S/C10H11FN2O2/c11-7-4-5-9(10(6-7)13(14)15)12-8-2-1-3-8/h4-6,8,12H,1-3H2. The van der Waals surface area contributed by atoms with Crippen molar-refractivity contribution in [2.24, 2.45) is 0 Å². The Bertz CT molecular complexity index is 391. The van der Waals surface area contributed by atoms with E-state index in [1.807, 2.05) is 0 Å². The molecule has 1 saturated carbocycles. The van der Waals surface area contributed by atoms with E-state index in [9.17, 15) is 14.5 Å². The van der Waals surface area contributed by atoms with Gasteiger partial charge in [0, 0.05) is 6.04 Å². The molecule has 5 heteroatoms. The fraction of sp³-hybridized carbons (Fsp3) is 0.400. The smallest absolute Gasteiger partial charge is 0.295 e. The van der Waals surface area contributed by atoms with Crippen LogP contribution in [-0.4, -0.2) is 11.0 Å². The number of benzene rings is 1. The van der Waals surface area contributed by atoms with E-state index < -0.39 is 10.7 Å². The number of nitro groups is 1. The number of halogens is 1. The van der Waals surface area contributed by atoms with Gasteiger partial charge in [-0.15, -0.1) is 0 Å². The molecule has 0 aromatic heterocycles. The molecule has 0 atom stereocenters. The van der Waals surface area contributed by atoms with Gasteiger partial charge in [-0.05, 0) is 31.4 Å².